The standard InChI is InChI=1S/C24H29N3O4/c1-17-13-21(18(2)27(17)11-12-30-5)14-22(15-25)24(29)31-19(3)23(28)26(4)16-20-9-7-6-8-10-20/h6-10,13-14,19H,11-12,16H2,1-5H3/b22-14+/t19-/m0/s1. The van der Waals surface area contributed by atoms with Crippen molar-refractivity contribution in [3.8, 4) is 6.07 Å². The number of nitrogens with zero attached hydrogens (tertiary/aromatic N) is 3. The highest BCUT2D eigenvalue weighted by molar-refractivity contribution is 5.99. The summed E-state index contributed by atoms with van der Waals surface area (Å²) in [4.78, 5) is 26.6. The van der Waals surface area contributed by atoms with Crippen LogP contribution in [0.3, 0.4) is 0 Å². The Kier molecular flexibility index (Phi) is 8.59. The largest absolute Gasteiger partial charge is 0.448 e. The second-order valence-electron chi connectivity index (χ2n) is 7.37. The molecule has 0 aliphatic rings. The number of nitriles is 1. The van der Waals surface area contributed by atoms with Gasteiger partial charge in [-0.25, -0.2) is 4.79 Å². The van der Waals surface area contributed by atoms with Gasteiger partial charge >= 0.3 is 5.97 Å². The van der Waals surface area contributed by atoms with Crippen molar-refractivity contribution in [3.05, 3.63) is 64.5 Å². The molecular formula is C24H29N3O4. The molecule has 0 radical (unpaired) electrons. The summed E-state index contributed by atoms with van der Waals surface area (Å²) in [6.07, 6.45) is 0.492. The normalized spacial score (nSPS) is 12.2. The van der Waals surface area contributed by atoms with E-state index >= 15 is 0 Å². The number of aromatic nitrogens is 1. The van der Waals surface area contributed by atoms with Crippen LogP contribution in [-0.2, 0) is 32.2 Å². The van der Waals surface area contributed by atoms with Crippen LogP contribution < -0.4 is 0 Å². The highest BCUT2D eigenvalue weighted by Gasteiger charge is 2.24. The van der Waals surface area contributed by atoms with Crippen LogP contribution in [0.5, 0.6) is 0 Å². The first-order chi connectivity index (χ1) is 14.8. The number of hydrogen-bond donors (Lipinski definition) is 0. The summed E-state index contributed by atoms with van der Waals surface area (Å²) in [7, 11) is 3.29. The number of amides is 1. The summed E-state index contributed by atoms with van der Waals surface area (Å²) >= 11 is 0. The molecule has 164 valence electrons. The fourth-order valence-electron chi connectivity index (χ4n) is 3.31. The Labute approximate surface area is 183 Å². The first-order valence-electron chi connectivity index (χ1n) is 10.1. The topological polar surface area (TPSA) is 84.6 Å². The van der Waals surface area contributed by atoms with Crippen molar-refractivity contribution < 1.29 is 19.1 Å². The van der Waals surface area contributed by atoms with Gasteiger partial charge in [0.25, 0.3) is 5.91 Å². The van der Waals surface area contributed by atoms with Crippen molar-refractivity contribution in [2.45, 2.75) is 40.0 Å². The first-order valence-corrected chi connectivity index (χ1v) is 10.1. The summed E-state index contributed by atoms with van der Waals surface area (Å²) in [5.41, 5.74) is 3.48. The maximum Gasteiger partial charge on any atom is 0.349 e. The van der Waals surface area contributed by atoms with Crippen LogP contribution in [0.15, 0.2) is 42.0 Å². The molecule has 0 N–H and O–H groups in total. The maximum atomic E-state index is 12.6. The Hall–Kier alpha value is -3.37. The molecule has 0 saturated heterocycles. The lowest BCUT2D eigenvalue weighted by atomic mass is 10.1. The van der Waals surface area contributed by atoms with Gasteiger partial charge in [-0.15, -0.1) is 0 Å². The van der Waals surface area contributed by atoms with Crippen LogP contribution in [0.1, 0.15) is 29.4 Å². The van der Waals surface area contributed by atoms with Gasteiger partial charge in [-0.2, -0.15) is 5.26 Å². The van der Waals surface area contributed by atoms with Gasteiger partial charge in [-0.1, -0.05) is 30.3 Å². The van der Waals surface area contributed by atoms with E-state index in [9.17, 15) is 14.9 Å². The lowest BCUT2D eigenvalue weighted by Gasteiger charge is -2.21. The molecule has 7 nitrogen and oxygen atoms in total. The summed E-state index contributed by atoms with van der Waals surface area (Å²) < 4.78 is 12.5. The molecule has 1 aromatic heterocycles. The van der Waals surface area contributed by atoms with Crippen molar-refractivity contribution in [3.63, 3.8) is 0 Å². The molecule has 0 unspecified atom stereocenters. The van der Waals surface area contributed by atoms with Crippen molar-refractivity contribution in [2.75, 3.05) is 20.8 Å². The monoisotopic (exact) mass is 423 g/mol. The Balaban J connectivity index is 2.08. The Morgan fingerprint density at radius 3 is 2.55 bits per heavy atom. The lowest BCUT2D eigenvalue weighted by molar-refractivity contribution is -0.155. The summed E-state index contributed by atoms with van der Waals surface area (Å²) in [5.74, 6) is -1.16. The lowest BCUT2D eigenvalue weighted by Crippen LogP contribution is -2.37. The van der Waals surface area contributed by atoms with Gasteiger partial charge in [-0.3, -0.25) is 4.79 Å². The Morgan fingerprint density at radius 1 is 1.26 bits per heavy atom. The number of esters is 1. The smallest absolute Gasteiger partial charge is 0.349 e. The molecule has 0 aliphatic heterocycles. The molecule has 0 fully saturated rings. The second-order valence-corrected chi connectivity index (χ2v) is 7.37. The fraction of sp³-hybridized carbons (Fsp3) is 0.375. The number of rotatable bonds is 9. The third-order valence-corrected chi connectivity index (χ3v) is 5.04. The highest BCUT2D eigenvalue weighted by atomic mass is 16.5. The second kappa shape index (κ2) is 11.1. The number of hydrogen-bond acceptors (Lipinski definition) is 5. The third kappa shape index (κ3) is 6.30. The van der Waals surface area contributed by atoms with Crippen LogP contribution in [0, 0.1) is 25.2 Å². The van der Waals surface area contributed by atoms with Gasteiger partial charge in [-0.05, 0) is 44.0 Å². The molecule has 2 aromatic rings. The number of ether oxygens (including phenoxy) is 2. The predicted octanol–water partition coefficient (Wildman–Crippen LogP) is 3.25. The van der Waals surface area contributed by atoms with Gasteiger partial charge in [0.15, 0.2) is 6.10 Å². The van der Waals surface area contributed by atoms with E-state index in [-0.39, 0.29) is 11.5 Å². The fourth-order valence-corrected chi connectivity index (χ4v) is 3.31. The van der Waals surface area contributed by atoms with E-state index in [4.69, 9.17) is 9.47 Å². The Morgan fingerprint density at radius 2 is 1.94 bits per heavy atom. The molecule has 1 atom stereocenters. The highest BCUT2D eigenvalue weighted by Crippen LogP contribution is 2.19. The van der Waals surface area contributed by atoms with Crippen molar-refractivity contribution in [1.29, 1.82) is 5.26 Å². The average Bonchev–Trinajstić information content (AvgIpc) is 3.02. The van der Waals surface area contributed by atoms with E-state index in [1.807, 2.05) is 56.3 Å². The van der Waals surface area contributed by atoms with E-state index in [0.717, 1.165) is 22.5 Å². The van der Waals surface area contributed by atoms with Crippen molar-refractivity contribution >= 4 is 18.0 Å². The molecule has 0 saturated carbocycles. The minimum atomic E-state index is -1.01. The van der Waals surface area contributed by atoms with Crippen molar-refractivity contribution in [1.82, 2.24) is 9.47 Å². The van der Waals surface area contributed by atoms with Crippen LogP contribution in [0.2, 0.25) is 0 Å². The van der Waals surface area contributed by atoms with Gasteiger partial charge in [0, 0.05) is 38.6 Å². The van der Waals surface area contributed by atoms with Gasteiger partial charge in [0.1, 0.15) is 11.6 Å². The summed E-state index contributed by atoms with van der Waals surface area (Å²) in [6, 6.07) is 13.3. The zero-order chi connectivity index (χ0) is 23.0. The maximum absolute atomic E-state index is 12.6. The molecule has 1 aromatic carbocycles. The first kappa shape index (κ1) is 23.9. The van der Waals surface area contributed by atoms with Crippen molar-refractivity contribution in [2.24, 2.45) is 0 Å². The minimum Gasteiger partial charge on any atom is -0.448 e. The Bertz CT molecular complexity index is 986. The van der Waals surface area contributed by atoms with Crippen LogP contribution in [0.25, 0.3) is 6.08 Å². The number of carbonyl (C=O) groups excluding carboxylic acids is 2. The quantitative estimate of drug-likeness (QED) is 0.351. The van der Waals surface area contributed by atoms with Crippen LogP contribution >= 0.6 is 0 Å². The molecule has 1 amide bonds. The number of aryl methyl sites for hydroxylation is 1. The average molecular weight is 424 g/mol. The van der Waals surface area contributed by atoms with E-state index in [0.29, 0.717) is 19.7 Å². The third-order valence-electron chi connectivity index (χ3n) is 5.04. The SMILES string of the molecule is COCCn1c(C)cc(/C=C(\C#N)C(=O)O[C@@H](C)C(=O)N(C)Cc2ccccc2)c1C. The predicted molar refractivity (Wildman–Crippen MR) is 118 cm³/mol. The molecule has 0 bridgehead atoms. The van der Waals surface area contributed by atoms with Crippen LogP contribution in [-0.4, -0.2) is 48.2 Å². The summed E-state index contributed by atoms with van der Waals surface area (Å²) in [5, 5.41) is 9.48. The number of benzene rings is 1. The molecule has 0 spiro atoms. The molecule has 0 aliphatic carbocycles. The van der Waals surface area contributed by atoms with Gasteiger partial charge in [0.05, 0.1) is 6.61 Å². The van der Waals surface area contributed by atoms with Gasteiger partial charge < -0.3 is 18.9 Å². The van der Waals surface area contributed by atoms with E-state index < -0.39 is 12.1 Å². The molecule has 31 heavy (non-hydrogen) atoms. The molecule has 2 rings (SSSR count). The molecule has 1 heterocycles. The van der Waals surface area contributed by atoms with Gasteiger partial charge in [0.2, 0.25) is 0 Å². The van der Waals surface area contributed by atoms with E-state index in [1.54, 1.807) is 14.2 Å². The van der Waals surface area contributed by atoms with E-state index in [2.05, 4.69) is 4.57 Å². The zero-order valence-electron chi connectivity index (χ0n) is 18.7. The van der Waals surface area contributed by atoms with E-state index in [1.165, 1.54) is 17.9 Å². The molecular weight excluding hydrogens is 394 g/mol. The number of carbonyl (C=O) groups is 2. The number of likely N-dealkylation sites (N-methyl/N-ethyl adjacent to an activating group) is 1. The minimum absolute atomic E-state index is 0.155. The summed E-state index contributed by atoms with van der Waals surface area (Å²) in [6.45, 7) is 7.01. The number of methoxy groups -OCH3 is 1. The zero-order valence-corrected chi connectivity index (χ0v) is 18.7. The van der Waals surface area contributed by atoms with Crippen LogP contribution in [0.4, 0.5) is 0 Å². The molecule has 7 heteroatoms.